The van der Waals surface area contributed by atoms with E-state index in [2.05, 4.69) is 20.5 Å². The van der Waals surface area contributed by atoms with Crippen LogP contribution in [0.5, 0.6) is 0 Å². The lowest BCUT2D eigenvalue weighted by molar-refractivity contribution is -0.138. The Kier molecular flexibility index (Phi) is 9.42. The molecule has 0 unspecified atom stereocenters. The van der Waals surface area contributed by atoms with Gasteiger partial charge in [-0.2, -0.15) is 43.2 Å². The van der Waals surface area contributed by atoms with Gasteiger partial charge in [0.1, 0.15) is 21.2 Å². The number of fused-ring (bicyclic) bond motifs is 2. The molecule has 0 spiro atoms. The van der Waals surface area contributed by atoms with Crippen molar-refractivity contribution in [3.05, 3.63) is 108 Å². The molecular formula is C34H22F6N6O6S2. The van der Waals surface area contributed by atoms with Gasteiger partial charge in [-0.05, 0) is 58.3 Å². The van der Waals surface area contributed by atoms with Crippen LogP contribution in [0.3, 0.4) is 0 Å². The van der Waals surface area contributed by atoms with Gasteiger partial charge in [0, 0.05) is 10.8 Å². The third-order valence-electron chi connectivity index (χ3n) is 8.02. The van der Waals surface area contributed by atoms with Gasteiger partial charge in [0.25, 0.3) is 20.2 Å². The fraction of sp³-hybridized carbons (Fsp3) is 0.0588. The maximum atomic E-state index is 14.3. The van der Waals surface area contributed by atoms with E-state index in [4.69, 9.17) is 11.5 Å². The molecule has 0 radical (unpaired) electrons. The van der Waals surface area contributed by atoms with Crippen molar-refractivity contribution in [1.29, 1.82) is 0 Å². The van der Waals surface area contributed by atoms with E-state index in [-0.39, 0.29) is 32.7 Å². The summed E-state index contributed by atoms with van der Waals surface area (Å²) >= 11 is 0. The number of nitrogen functional groups attached to an aromatic ring is 2. The molecule has 6 aromatic carbocycles. The SMILES string of the molecule is Nc1c(N=Nc2ccc(-c3ccc(N=Nc4cc5ccccc5c(S(=O)(=O)O)c4N)c(C(F)(F)F)c3)cc2C(F)(F)F)cc2ccccc2c1S(=O)(=O)O. The molecule has 54 heavy (non-hydrogen) atoms. The highest BCUT2D eigenvalue weighted by Crippen LogP contribution is 2.44. The number of halogens is 6. The first-order valence-electron chi connectivity index (χ1n) is 15.0. The first-order chi connectivity index (χ1) is 25.1. The van der Waals surface area contributed by atoms with Gasteiger partial charge in [-0.25, -0.2) is 0 Å². The summed E-state index contributed by atoms with van der Waals surface area (Å²) in [4.78, 5) is -1.46. The number of hydrogen-bond acceptors (Lipinski definition) is 10. The Morgan fingerprint density at radius 1 is 0.481 bits per heavy atom. The summed E-state index contributed by atoms with van der Waals surface area (Å²) < 4.78 is 154. The average Bonchev–Trinajstić information content (AvgIpc) is 3.07. The zero-order valence-corrected chi connectivity index (χ0v) is 28.4. The molecule has 0 aliphatic carbocycles. The van der Waals surface area contributed by atoms with Crippen LogP contribution in [0.4, 0.5) is 60.5 Å². The zero-order valence-electron chi connectivity index (χ0n) is 26.8. The topological polar surface area (TPSA) is 210 Å². The summed E-state index contributed by atoms with van der Waals surface area (Å²) in [5.74, 6) is 0. The molecule has 0 amide bonds. The highest BCUT2D eigenvalue weighted by atomic mass is 32.2. The van der Waals surface area contributed by atoms with Gasteiger partial charge < -0.3 is 11.5 Å². The van der Waals surface area contributed by atoms with Crippen LogP contribution in [0.1, 0.15) is 11.1 Å². The monoisotopic (exact) mass is 788 g/mol. The number of nitrogens with zero attached hydrogens (tertiary/aromatic N) is 4. The maximum absolute atomic E-state index is 14.3. The Bertz CT molecular complexity index is 2600. The van der Waals surface area contributed by atoms with E-state index < -0.39 is 87.6 Å². The van der Waals surface area contributed by atoms with Crippen LogP contribution in [-0.2, 0) is 32.6 Å². The quantitative estimate of drug-likeness (QED) is 0.0528. The summed E-state index contributed by atoms with van der Waals surface area (Å²) in [5, 5.41) is 15.1. The smallest absolute Gasteiger partial charge is 0.396 e. The Morgan fingerprint density at radius 3 is 1.15 bits per heavy atom. The van der Waals surface area contributed by atoms with Gasteiger partial charge in [0.05, 0.1) is 33.9 Å². The van der Waals surface area contributed by atoms with Crippen LogP contribution in [0.15, 0.2) is 127 Å². The Labute approximate surface area is 301 Å². The molecule has 6 aromatic rings. The second-order valence-corrected chi connectivity index (χ2v) is 14.2. The molecule has 0 heterocycles. The van der Waals surface area contributed by atoms with Crippen molar-refractivity contribution in [3.8, 4) is 11.1 Å². The van der Waals surface area contributed by atoms with Crippen molar-refractivity contribution in [2.75, 3.05) is 11.5 Å². The van der Waals surface area contributed by atoms with Crippen molar-refractivity contribution < 1.29 is 52.3 Å². The Balaban J connectivity index is 1.41. The van der Waals surface area contributed by atoms with E-state index in [9.17, 15) is 52.3 Å². The zero-order chi connectivity index (χ0) is 39.4. The third kappa shape index (κ3) is 7.44. The maximum Gasteiger partial charge on any atom is 0.418 e. The standard InChI is InChI=1S/C34H22F6N6O6S2/c35-33(36,37)23-13-17(9-11-25(23)43-45-27-15-19-5-1-3-7-21(19)31(29(27)41)53(47,48)49)18-10-12-26(24(14-18)34(38,39)40)44-46-28-16-20-6-2-4-8-22(20)32(30(28)42)54(50,51)52/h1-16H,41-42H2,(H,47,48,49)(H,50,51,52). The van der Waals surface area contributed by atoms with E-state index in [1.54, 1.807) is 0 Å². The number of benzene rings is 6. The highest BCUT2D eigenvalue weighted by Gasteiger charge is 2.36. The fourth-order valence-electron chi connectivity index (χ4n) is 5.63. The van der Waals surface area contributed by atoms with Crippen LogP contribution < -0.4 is 11.5 Å². The lowest BCUT2D eigenvalue weighted by Crippen LogP contribution is -2.07. The van der Waals surface area contributed by atoms with Crippen LogP contribution in [0, 0.1) is 0 Å². The number of hydrogen-bond donors (Lipinski definition) is 4. The third-order valence-corrected chi connectivity index (χ3v) is 9.93. The normalized spacial score (nSPS) is 13.1. The first-order valence-corrected chi connectivity index (χ1v) is 17.9. The van der Waals surface area contributed by atoms with E-state index >= 15 is 0 Å². The Morgan fingerprint density at radius 2 is 0.815 bits per heavy atom. The van der Waals surface area contributed by atoms with Gasteiger partial charge in [0.15, 0.2) is 0 Å². The molecule has 20 heteroatoms. The van der Waals surface area contributed by atoms with E-state index in [1.165, 1.54) is 60.7 Å². The van der Waals surface area contributed by atoms with Gasteiger partial charge in [-0.15, -0.1) is 20.5 Å². The van der Waals surface area contributed by atoms with Crippen LogP contribution >= 0.6 is 0 Å². The highest BCUT2D eigenvalue weighted by molar-refractivity contribution is 7.86. The van der Waals surface area contributed by atoms with E-state index in [0.29, 0.717) is 12.1 Å². The van der Waals surface area contributed by atoms with E-state index in [0.717, 1.165) is 24.3 Å². The fourth-order valence-corrected chi connectivity index (χ4v) is 7.32. The van der Waals surface area contributed by atoms with Gasteiger partial charge >= 0.3 is 12.4 Å². The summed E-state index contributed by atoms with van der Waals surface area (Å²) in [6.07, 6.45) is -10.2. The van der Waals surface area contributed by atoms with Gasteiger partial charge in [0.2, 0.25) is 0 Å². The number of nitrogens with two attached hydrogens (primary N) is 2. The van der Waals surface area contributed by atoms with Crippen molar-refractivity contribution in [1.82, 2.24) is 0 Å². The molecule has 0 saturated heterocycles. The van der Waals surface area contributed by atoms with Crippen LogP contribution in [-0.4, -0.2) is 25.9 Å². The molecule has 6 N–H and O–H groups in total. The van der Waals surface area contributed by atoms with Crippen molar-refractivity contribution >= 4 is 75.9 Å². The molecule has 0 fully saturated rings. The lowest BCUT2D eigenvalue weighted by Gasteiger charge is -2.15. The minimum Gasteiger partial charge on any atom is -0.396 e. The molecule has 0 atom stereocenters. The summed E-state index contributed by atoms with van der Waals surface area (Å²) in [6.45, 7) is 0. The number of rotatable bonds is 7. The van der Waals surface area contributed by atoms with Gasteiger partial charge in [-0.1, -0.05) is 60.7 Å². The molecule has 0 aliphatic rings. The van der Waals surface area contributed by atoms with Crippen molar-refractivity contribution in [2.45, 2.75) is 22.1 Å². The molecule has 6 rings (SSSR count). The predicted molar refractivity (Wildman–Crippen MR) is 187 cm³/mol. The number of alkyl halides is 6. The van der Waals surface area contributed by atoms with Crippen LogP contribution in [0.25, 0.3) is 32.7 Å². The molecule has 0 aromatic heterocycles. The molecule has 278 valence electrons. The summed E-state index contributed by atoms with van der Waals surface area (Å²) in [7, 11) is -9.84. The molecule has 12 nitrogen and oxygen atoms in total. The molecule has 0 aliphatic heterocycles. The predicted octanol–water partition coefficient (Wildman–Crippen LogP) is 10.2. The van der Waals surface area contributed by atoms with Crippen molar-refractivity contribution in [2.24, 2.45) is 20.5 Å². The van der Waals surface area contributed by atoms with Crippen molar-refractivity contribution in [3.63, 3.8) is 0 Å². The summed E-state index contributed by atoms with van der Waals surface area (Å²) in [6, 6.07) is 18.9. The van der Waals surface area contributed by atoms with Crippen LogP contribution in [0.2, 0.25) is 0 Å². The second-order valence-electron chi connectivity index (χ2n) is 11.5. The number of azo groups is 2. The molecular weight excluding hydrogens is 767 g/mol. The minimum atomic E-state index is -5.11. The molecule has 0 saturated carbocycles. The average molecular weight is 789 g/mol. The van der Waals surface area contributed by atoms with E-state index in [1.807, 2.05) is 0 Å². The Hall–Kier alpha value is -5.96. The first kappa shape index (κ1) is 37.8. The lowest BCUT2D eigenvalue weighted by atomic mass is 9.99. The van der Waals surface area contributed by atoms with Gasteiger partial charge in [-0.3, -0.25) is 9.11 Å². The minimum absolute atomic E-state index is 0.0200. The molecule has 0 bridgehead atoms. The summed E-state index contributed by atoms with van der Waals surface area (Å²) in [5.41, 5.74) is 4.80. The number of anilines is 2. The second kappa shape index (κ2) is 13.5. The largest absolute Gasteiger partial charge is 0.418 e.